The molecule has 0 atom stereocenters. The number of rotatable bonds is 7. The fourth-order valence-corrected chi connectivity index (χ4v) is 5.61. The van der Waals surface area contributed by atoms with E-state index in [0.29, 0.717) is 25.9 Å². The van der Waals surface area contributed by atoms with Crippen LogP contribution in [0.4, 0.5) is 5.69 Å². The first kappa shape index (κ1) is 22.1. The quantitative estimate of drug-likeness (QED) is 0.583. The van der Waals surface area contributed by atoms with Crippen LogP contribution in [0, 0.1) is 6.92 Å². The van der Waals surface area contributed by atoms with Crippen LogP contribution >= 0.6 is 0 Å². The summed E-state index contributed by atoms with van der Waals surface area (Å²) >= 11 is 0. The largest absolute Gasteiger partial charge is 0.352 e. The number of para-hydroxylation sites is 1. The van der Waals surface area contributed by atoms with Gasteiger partial charge in [-0.25, -0.2) is 8.42 Å². The lowest BCUT2D eigenvalue weighted by molar-refractivity contribution is -0.121. The molecule has 0 saturated carbocycles. The lowest BCUT2D eigenvalue weighted by Gasteiger charge is -2.30. The van der Waals surface area contributed by atoms with Crippen LogP contribution < -0.4 is 9.62 Å². The van der Waals surface area contributed by atoms with Crippen LogP contribution in [0.25, 0.3) is 0 Å². The molecule has 0 radical (unpaired) electrons. The third-order valence-corrected chi connectivity index (χ3v) is 7.62. The molecule has 0 spiro atoms. The third kappa shape index (κ3) is 5.02. The number of hydrogen-bond acceptors (Lipinski definition) is 3. The van der Waals surface area contributed by atoms with Crippen LogP contribution in [0.3, 0.4) is 0 Å². The highest BCUT2D eigenvalue weighted by Crippen LogP contribution is 2.31. The average Bonchev–Trinajstić information content (AvgIpc) is 2.81. The molecule has 0 fully saturated rings. The molecule has 4 rings (SSSR count). The molecule has 6 heteroatoms. The summed E-state index contributed by atoms with van der Waals surface area (Å²) in [6.45, 7) is 3.02. The van der Waals surface area contributed by atoms with E-state index < -0.39 is 10.0 Å². The summed E-state index contributed by atoms with van der Waals surface area (Å²) < 4.78 is 28.0. The van der Waals surface area contributed by atoms with Crippen LogP contribution in [0.5, 0.6) is 0 Å². The van der Waals surface area contributed by atoms with Crippen LogP contribution in [-0.4, -0.2) is 20.9 Å². The Kier molecular flexibility index (Phi) is 6.61. The van der Waals surface area contributed by atoms with E-state index in [2.05, 4.69) is 11.4 Å². The molecule has 0 aliphatic carbocycles. The number of fused-ring (bicyclic) bond motifs is 1. The Morgan fingerprint density at radius 1 is 0.969 bits per heavy atom. The molecule has 1 aliphatic rings. The standard InChI is InChI=1S/C26H28N2O3S/c1-20-6-4-7-22(18-20)19-27-26(29)16-13-21-11-14-24(15-12-21)32(30,31)28-17-5-9-23-8-2-3-10-25(23)28/h2-4,6-8,10-12,14-15,18H,5,9,13,16-17,19H2,1H3,(H,27,29). The van der Waals surface area contributed by atoms with Gasteiger partial charge in [0.2, 0.25) is 5.91 Å². The van der Waals surface area contributed by atoms with E-state index in [0.717, 1.165) is 35.2 Å². The fraction of sp³-hybridized carbons (Fsp3) is 0.269. The Hall–Kier alpha value is -3.12. The topological polar surface area (TPSA) is 66.5 Å². The fourth-order valence-electron chi connectivity index (χ4n) is 4.07. The first-order valence-corrected chi connectivity index (χ1v) is 12.4. The van der Waals surface area contributed by atoms with Gasteiger partial charge in [0.15, 0.2) is 0 Å². The van der Waals surface area contributed by atoms with Gasteiger partial charge in [0.1, 0.15) is 0 Å². The molecule has 3 aromatic carbocycles. The number of nitrogens with one attached hydrogen (secondary N) is 1. The monoisotopic (exact) mass is 448 g/mol. The minimum absolute atomic E-state index is 0.0203. The number of sulfonamides is 1. The summed E-state index contributed by atoms with van der Waals surface area (Å²) in [5.74, 6) is -0.0203. The first-order chi connectivity index (χ1) is 15.4. The Bertz CT molecular complexity index is 1200. The van der Waals surface area contributed by atoms with Crippen molar-refractivity contribution in [3.8, 4) is 0 Å². The highest BCUT2D eigenvalue weighted by atomic mass is 32.2. The predicted octanol–water partition coefficient (Wildman–Crippen LogP) is 4.39. The molecule has 166 valence electrons. The SMILES string of the molecule is Cc1cccc(CNC(=O)CCc2ccc(S(=O)(=O)N3CCCc4ccccc43)cc2)c1. The van der Waals surface area contributed by atoms with Crippen molar-refractivity contribution < 1.29 is 13.2 Å². The van der Waals surface area contributed by atoms with E-state index in [9.17, 15) is 13.2 Å². The second kappa shape index (κ2) is 9.57. The molecule has 1 heterocycles. The Morgan fingerprint density at radius 3 is 2.53 bits per heavy atom. The van der Waals surface area contributed by atoms with Crippen molar-refractivity contribution in [1.82, 2.24) is 5.32 Å². The highest BCUT2D eigenvalue weighted by Gasteiger charge is 2.28. The molecular formula is C26H28N2O3S. The molecule has 0 bridgehead atoms. The molecule has 0 saturated heterocycles. The van der Waals surface area contributed by atoms with Gasteiger partial charge in [-0.15, -0.1) is 0 Å². The van der Waals surface area contributed by atoms with Gasteiger partial charge < -0.3 is 5.32 Å². The average molecular weight is 449 g/mol. The van der Waals surface area contributed by atoms with Crippen molar-refractivity contribution >= 4 is 21.6 Å². The molecule has 1 amide bonds. The van der Waals surface area contributed by atoms with Gasteiger partial charge in [-0.05, 0) is 61.1 Å². The van der Waals surface area contributed by atoms with Gasteiger partial charge >= 0.3 is 0 Å². The van der Waals surface area contributed by atoms with Crippen LogP contribution in [0.15, 0.2) is 77.7 Å². The molecular weight excluding hydrogens is 420 g/mol. The summed E-state index contributed by atoms with van der Waals surface area (Å²) in [6.07, 6.45) is 2.63. The molecule has 0 aromatic heterocycles. The van der Waals surface area contributed by atoms with E-state index in [1.165, 1.54) is 9.87 Å². The zero-order valence-corrected chi connectivity index (χ0v) is 19.1. The van der Waals surface area contributed by atoms with E-state index in [1.807, 2.05) is 49.4 Å². The summed E-state index contributed by atoms with van der Waals surface area (Å²) in [6, 6.07) is 22.6. The summed E-state index contributed by atoms with van der Waals surface area (Å²) in [7, 11) is -3.61. The molecule has 0 unspecified atom stereocenters. The maximum atomic E-state index is 13.2. The number of aryl methyl sites for hydroxylation is 3. The summed E-state index contributed by atoms with van der Waals surface area (Å²) in [5, 5.41) is 2.94. The van der Waals surface area contributed by atoms with Gasteiger partial charge in [-0.1, -0.05) is 60.2 Å². The normalized spacial score (nSPS) is 13.5. The predicted molar refractivity (Wildman–Crippen MR) is 127 cm³/mol. The van der Waals surface area contributed by atoms with E-state index in [4.69, 9.17) is 0 Å². The number of anilines is 1. The number of carbonyl (C=O) groups excluding carboxylic acids is 1. The molecule has 5 nitrogen and oxygen atoms in total. The van der Waals surface area contributed by atoms with Gasteiger partial charge in [-0.2, -0.15) is 0 Å². The number of nitrogens with zero attached hydrogens (tertiary/aromatic N) is 1. The molecule has 32 heavy (non-hydrogen) atoms. The Labute approximate surface area is 190 Å². The lowest BCUT2D eigenvalue weighted by Crippen LogP contribution is -2.35. The minimum atomic E-state index is -3.61. The first-order valence-electron chi connectivity index (χ1n) is 11.0. The number of amides is 1. The van der Waals surface area contributed by atoms with Gasteiger partial charge in [-0.3, -0.25) is 9.10 Å². The van der Waals surface area contributed by atoms with Crippen LogP contribution in [-0.2, 0) is 34.2 Å². The van der Waals surface area contributed by atoms with Crippen LogP contribution in [0.2, 0.25) is 0 Å². The maximum absolute atomic E-state index is 13.2. The van der Waals surface area contributed by atoms with Crippen molar-refractivity contribution in [2.75, 3.05) is 10.8 Å². The maximum Gasteiger partial charge on any atom is 0.264 e. The van der Waals surface area contributed by atoms with Crippen molar-refractivity contribution in [3.05, 3.63) is 95.1 Å². The zero-order valence-electron chi connectivity index (χ0n) is 18.3. The second-order valence-electron chi connectivity index (χ2n) is 8.22. The number of carbonyl (C=O) groups is 1. The molecule has 3 aromatic rings. The van der Waals surface area contributed by atoms with Crippen molar-refractivity contribution in [2.45, 2.75) is 44.0 Å². The lowest BCUT2D eigenvalue weighted by atomic mass is 10.0. The number of hydrogen-bond donors (Lipinski definition) is 1. The number of benzene rings is 3. The molecule has 1 N–H and O–H groups in total. The Balaban J connectivity index is 1.36. The van der Waals surface area contributed by atoms with E-state index in [1.54, 1.807) is 24.3 Å². The Morgan fingerprint density at radius 2 is 1.75 bits per heavy atom. The smallest absolute Gasteiger partial charge is 0.264 e. The third-order valence-electron chi connectivity index (χ3n) is 5.79. The van der Waals surface area contributed by atoms with Gasteiger partial charge in [0.05, 0.1) is 10.6 Å². The van der Waals surface area contributed by atoms with Gasteiger partial charge in [0.25, 0.3) is 10.0 Å². The van der Waals surface area contributed by atoms with E-state index >= 15 is 0 Å². The highest BCUT2D eigenvalue weighted by molar-refractivity contribution is 7.92. The van der Waals surface area contributed by atoms with Crippen molar-refractivity contribution in [3.63, 3.8) is 0 Å². The summed E-state index contributed by atoms with van der Waals surface area (Å²) in [5.41, 5.74) is 5.02. The summed E-state index contributed by atoms with van der Waals surface area (Å²) in [4.78, 5) is 12.5. The van der Waals surface area contributed by atoms with Crippen molar-refractivity contribution in [2.24, 2.45) is 0 Å². The van der Waals surface area contributed by atoms with Crippen LogP contribution in [0.1, 0.15) is 35.1 Å². The second-order valence-corrected chi connectivity index (χ2v) is 10.1. The van der Waals surface area contributed by atoms with Gasteiger partial charge in [0, 0.05) is 19.5 Å². The van der Waals surface area contributed by atoms with Crippen molar-refractivity contribution in [1.29, 1.82) is 0 Å². The minimum Gasteiger partial charge on any atom is -0.352 e. The molecule has 1 aliphatic heterocycles. The van der Waals surface area contributed by atoms with E-state index in [-0.39, 0.29) is 10.8 Å². The zero-order chi connectivity index (χ0) is 22.6.